The number of nitrogens with zero attached hydrogens (tertiary/aromatic N) is 3. The predicted molar refractivity (Wildman–Crippen MR) is 101 cm³/mol. The maximum absolute atomic E-state index is 12.1. The van der Waals surface area contributed by atoms with Crippen LogP contribution in [0.5, 0.6) is 0 Å². The zero-order valence-electron chi connectivity index (χ0n) is 14.5. The van der Waals surface area contributed by atoms with Gasteiger partial charge in [0.25, 0.3) is 0 Å². The minimum Gasteiger partial charge on any atom is -0.338 e. The molecule has 0 aliphatic heterocycles. The van der Waals surface area contributed by atoms with E-state index in [-0.39, 0.29) is 6.03 Å². The Labute approximate surface area is 150 Å². The lowest BCUT2D eigenvalue weighted by atomic mass is 10.3. The second-order valence-corrected chi connectivity index (χ2v) is 7.05. The van der Waals surface area contributed by atoms with Gasteiger partial charge in [-0.2, -0.15) is 5.10 Å². The van der Waals surface area contributed by atoms with Crippen molar-refractivity contribution in [2.24, 2.45) is 0 Å². The van der Waals surface area contributed by atoms with Crippen LogP contribution in [0.4, 0.5) is 10.5 Å². The van der Waals surface area contributed by atoms with E-state index < -0.39 is 0 Å². The van der Waals surface area contributed by atoms with Gasteiger partial charge in [0.2, 0.25) is 0 Å². The molecule has 0 unspecified atom stereocenters. The number of carbonyl (C=O) groups excluding carboxylic acids is 1. The molecule has 130 valence electrons. The lowest BCUT2D eigenvalue weighted by molar-refractivity contribution is 0.252. The molecule has 0 atom stereocenters. The fourth-order valence-electron chi connectivity index (χ4n) is 2.62. The van der Waals surface area contributed by atoms with Crippen molar-refractivity contribution < 1.29 is 4.79 Å². The van der Waals surface area contributed by atoms with Crippen molar-refractivity contribution in [3.05, 3.63) is 57.8 Å². The van der Waals surface area contributed by atoms with Crippen LogP contribution in [0.1, 0.15) is 21.3 Å². The number of thiazole rings is 1. The Balaban J connectivity index is 1.56. The fraction of sp³-hybridized carbons (Fsp3) is 0.278. The molecule has 6 nitrogen and oxygen atoms in total. The van der Waals surface area contributed by atoms with E-state index in [0.29, 0.717) is 12.2 Å². The number of amides is 2. The highest BCUT2D eigenvalue weighted by molar-refractivity contribution is 7.11. The summed E-state index contributed by atoms with van der Waals surface area (Å²) in [4.78, 5) is 17.7. The lowest BCUT2D eigenvalue weighted by Gasteiger charge is -2.08. The summed E-state index contributed by atoms with van der Waals surface area (Å²) >= 11 is 1.68. The number of anilines is 1. The minimum absolute atomic E-state index is 0.227. The van der Waals surface area contributed by atoms with Gasteiger partial charge in [-0.15, -0.1) is 11.3 Å². The maximum atomic E-state index is 12.1. The van der Waals surface area contributed by atoms with Gasteiger partial charge in [-0.25, -0.2) is 14.5 Å². The van der Waals surface area contributed by atoms with Crippen LogP contribution in [-0.2, 0) is 6.42 Å². The highest BCUT2D eigenvalue weighted by atomic mass is 32.1. The quantitative estimate of drug-likeness (QED) is 0.734. The van der Waals surface area contributed by atoms with Gasteiger partial charge in [-0.1, -0.05) is 18.2 Å². The van der Waals surface area contributed by atoms with Gasteiger partial charge in [-0.05, 0) is 32.9 Å². The number of rotatable bonds is 5. The number of hydrogen-bond donors (Lipinski definition) is 2. The molecular weight excluding hydrogens is 334 g/mol. The molecule has 0 saturated carbocycles. The number of aromatic nitrogens is 3. The van der Waals surface area contributed by atoms with Crippen LogP contribution >= 0.6 is 11.3 Å². The highest BCUT2D eigenvalue weighted by Gasteiger charge is 2.11. The average Bonchev–Trinajstić information content (AvgIpc) is 3.11. The van der Waals surface area contributed by atoms with E-state index in [0.717, 1.165) is 28.5 Å². The molecule has 0 bridgehead atoms. The third-order valence-corrected chi connectivity index (χ3v) is 5.03. The van der Waals surface area contributed by atoms with Crippen LogP contribution in [0, 0.1) is 20.8 Å². The van der Waals surface area contributed by atoms with Crippen LogP contribution in [0.2, 0.25) is 0 Å². The Hall–Kier alpha value is -2.67. The number of nitrogens with one attached hydrogen (secondary N) is 2. The Morgan fingerprint density at radius 3 is 2.64 bits per heavy atom. The molecule has 0 radical (unpaired) electrons. The summed E-state index contributed by atoms with van der Waals surface area (Å²) in [5.74, 6) is 0. The van der Waals surface area contributed by atoms with Gasteiger partial charge >= 0.3 is 6.03 Å². The smallest absolute Gasteiger partial charge is 0.319 e. The molecule has 7 heteroatoms. The van der Waals surface area contributed by atoms with Crippen LogP contribution in [-0.4, -0.2) is 27.3 Å². The summed E-state index contributed by atoms with van der Waals surface area (Å²) in [6.45, 7) is 6.49. The number of carbonyl (C=O) groups is 1. The fourth-order valence-corrected chi connectivity index (χ4v) is 3.56. The van der Waals surface area contributed by atoms with Gasteiger partial charge in [0, 0.05) is 17.8 Å². The van der Waals surface area contributed by atoms with Crippen LogP contribution in [0.25, 0.3) is 5.69 Å². The first-order chi connectivity index (χ1) is 12.0. The number of urea groups is 1. The van der Waals surface area contributed by atoms with E-state index in [1.165, 1.54) is 4.88 Å². The van der Waals surface area contributed by atoms with Crippen LogP contribution in [0.3, 0.4) is 0 Å². The third-order valence-electron chi connectivity index (χ3n) is 3.90. The Morgan fingerprint density at radius 2 is 1.96 bits per heavy atom. The molecule has 0 saturated heterocycles. The van der Waals surface area contributed by atoms with E-state index in [1.807, 2.05) is 51.1 Å². The van der Waals surface area contributed by atoms with E-state index in [9.17, 15) is 4.79 Å². The summed E-state index contributed by atoms with van der Waals surface area (Å²) in [6.07, 6.45) is 2.45. The first kappa shape index (κ1) is 17.2. The van der Waals surface area contributed by atoms with Crippen molar-refractivity contribution in [3.8, 4) is 5.69 Å². The first-order valence-corrected chi connectivity index (χ1v) is 8.94. The summed E-state index contributed by atoms with van der Waals surface area (Å²) < 4.78 is 1.80. The summed E-state index contributed by atoms with van der Waals surface area (Å²) in [6, 6.07) is 9.60. The van der Waals surface area contributed by atoms with Crippen LogP contribution in [0.15, 0.2) is 36.5 Å². The molecular formula is C18H21N5OS. The summed E-state index contributed by atoms with van der Waals surface area (Å²) in [5, 5.41) is 11.2. The van der Waals surface area contributed by atoms with E-state index in [2.05, 4.69) is 20.7 Å². The molecule has 0 aliphatic carbocycles. The van der Waals surface area contributed by atoms with E-state index in [4.69, 9.17) is 0 Å². The molecule has 3 aromatic rings. The lowest BCUT2D eigenvalue weighted by Crippen LogP contribution is -2.30. The molecule has 0 spiro atoms. The van der Waals surface area contributed by atoms with Crippen molar-refractivity contribution in [1.29, 1.82) is 0 Å². The zero-order valence-corrected chi connectivity index (χ0v) is 15.4. The largest absolute Gasteiger partial charge is 0.338 e. The molecule has 2 aromatic heterocycles. The zero-order chi connectivity index (χ0) is 17.8. The topological polar surface area (TPSA) is 71.8 Å². The van der Waals surface area contributed by atoms with E-state index in [1.54, 1.807) is 22.2 Å². The molecule has 3 rings (SSSR count). The van der Waals surface area contributed by atoms with Gasteiger partial charge in [0.05, 0.1) is 34.0 Å². The van der Waals surface area contributed by atoms with Crippen molar-refractivity contribution in [2.75, 3.05) is 11.9 Å². The molecule has 0 aliphatic rings. The standard InChI is InChI=1S/C18H21N5OS/c1-12-17(25-14(3)21-12)9-10-19-18(24)22-16-11-20-23(13(16)2)15-7-5-4-6-8-15/h4-8,11H,9-10H2,1-3H3,(H2,19,22,24). The maximum Gasteiger partial charge on any atom is 0.319 e. The van der Waals surface area contributed by atoms with Crippen molar-refractivity contribution in [3.63, 3.8) is 0 Å². The number of benzene rings is 1. The molecule has 2 heterocycles. The van der Waals surface area contributed by atoms with Gasteiger partial charge in [-0.3, -0.25) is 0 Å². The number of hydrogen-bond acceptors (Lipinski definition) is 4. The number of para-hydroxylation sites is 1. The highest BCUT2D eigenvalue weighted by Crippen LogP contribution is 2.18. The van der Waals surface area contributed by atoms with Gasteiger partial charge < -0.3 is 10.6 Å². The Kier molecular flexibility index (Phi) is 5.14. The molecule has 2 amide bonds. The minimum atomic E-state index is -0.227. The van der Waals surface area contributed by atoms with E-state index >= 15 is 0 Å². The molecule has 2 N–H and O–H groups in total. The first-order valence-electron chi connectivity index (χ1n) is 8.12. The van der Waals surface area contributed by atoms with Gasteiger partial charge in [0.15, 0.2) is 0 Å². The third kappa shape index (κ3) is 4.06. The Morgan fingerprint density at radius 1 is 1.20 bits per heavy atom. The summed E-state index contributed by atoms with van der Waals surface area (Å²) in [7, 11) is 0. The predicted octanol–water partition coefficient (Wildman–Crippen LogP) is 3.62. The van der Waals surface area contributed by atoms with Crippen molar-refractivity contribution in [2.45, 2.75) is 27.2 Å². The average molecular weight is 355 g/mol. The summed E-state index contributed by atoms with van der Waals surface area (Å²) in [5.41, 5.74) is 3.59. The molecule has 25 heavy (non-hydrogen) atoms. The normalized spacial score (nSPS) is 10.7. The van der Waals surface area contributed by atoms with Crippen molar-refractivity contribution >= 4 is 23.1 Å². The number of aryl methyl sites for hydroxylation is 2. The molecule has 1 aromatic carbocycles. The second-order valence-electron chi connectivity index (χ2n) is 5.76. The Bertz CT molecular complexity index is 869. The van der Waals surface area contributed by atoms with Gasteiger partial charge in [0.1, 0.15) is 0 Å². The van der Waals surface area contributed by atoms with Crippen LogP contribution < -0.4 is 10.6 Å². The molecule has 0 fully saturated rings. The second kappa shape index (κ2) is 7.48. The SMILES string of the molecule is Cc1nc(C)c(CCNC(=O)Nc2cnn(-c3ccccc3)c2C)s1. The monoisotopic (exact) mass is 355 g/mol. The van der Waals surface area contributed by atoms with Crippen molar-refractivity contribution in [1.82, 2.24) is 20.1 Å².